The zero-order valence-corrected chi connectivity index (χ0v) is 37.2. The fourth-order valence-electron chi connectivity index (χ4n) is 8.56. The Kier molecular flexibility index (Phi) is 13.9. The summed E-state index contributed by atoms with van der Waals surface area (Å²) in [6.07, 6.45) is 18.6. The Bertz CT molecular complexity index is 3080. The van der Waals surface area contributed by atoms with Crippen LogP contribution in [0.1, 0.15) is 55.6 Å². The molecule has 328 valence electrons. The molecular formula is C53H45N13O. The number of rotatable bonds is 6. The molecule has 0 saturated carbocycles. The molecule has 2 aliphatic heterocycles. The number of carbonyl (C=O) groups is 1. The Morgan fingerprint density at radius 3 is 1.46 bits per heavy atom. The van der Waals surface area contributed by atoms with Gasteiger partial charge in [0.15, 0.2) is 0 Å². The van der Waals surface area contributed by atoms with Crippen molar-refractivity contribution in [2.75, 3.05) is 10.6 Å². The van der Waals surface area contributed by atoms with Crippen LogP contribution in [0.4, 0.5) is 16.2 Å². The normalized spacial score (nSPS) is 18.9. The molecule has 0 radical (unpaired) electrons. The number of hydrogen-bond donors (Lipinski definition) is 5. The molecule has 7 N–H and O–H groups in total. The summed E-state index contributed by atoms with van der Waals surface area (Å²) >= 11 is 0. The fourth-order valence-corrected chi connectivity index (χ4v) is 8.56. The summed E-state index contributed by atoms with van der Waals surface area (Å²) < 4.78 is 0. The van der Waals surface area contributed by atoms with Gasteiger partial charge in [-0.2, -0.15) is 31.0 Å². The van der Waals surface area contributed by atoms with Crippen molar-refractivity contribution in [1.82, 2.24) is 5.32 Å². The number of urea groups is 1. The number of nitriles is 4. The van der Waals surface area contributed by atoms with Gasteiger partial charge in [0, 0.05) is 23.5 Å². The van der Waals surface area contributed by atoms with E-state index in [4.69, 9.17) is 42.5 Å². The van der Waals surface area contributed by atoms with Crippen LogP contribution in [-0.2, 0) is 0 Å². The van der Waals surface area contributed by atoms with Crippen LogP contribution in [0.15, 0.2) is 141 Å². The van der Waals surface area contributed by atoms with Crippen molar-refractivity contribution in [2.24, 2.45) is 43.3 Å². The smallest absolute Gasteiger partial charge is 0.317 e. The van der Waals surface area contributed by atoms with Gasteiger partial charge in [0.05, 0.1) is 59.3 Å². The molecule has 0 aromatic heterocycles. The van der Waals surface area contributed by atoms with Gasteiger partial charge in [-0.05, 0) is 144 Å². The number of amides is 2. The average Bonchev–Trinajstić information content (AvgIpc) is 3.30. The van der Waals surface area contributed by atoms with E-state index < -0.39 is 6.03 Å². The lowest BCUT2D eigenvalue weighted by Crippen LogP contribution is -2.46. The monoisotopic (exact) mass is 879 g/mol. The summed E-state index contributed by atoms with van der Waals surface area (Å²) in [6.45, 7) is 8.19. The topological polar surface area (TPSA) is 250 Å². The van der Waals surface area contributed by atoms with Gasteiger partial charge in [-0.15, -0.1) is 0 Å². The Hall–Kier alpha value is -9.37. The van der Waals surface area contributed by atoms with Crippen LogP contribution >= 0.6 is 0 Å². The lowest BCUT2D eigenvalue weighted by atomic mass is 9.80. The summed E-state index contributed by atoms with van der Waals surface area (Å²) in [5.74, 6) is 1.26. The number of fused-ring (bicyclic) bond motifs is 2. The highest BCUT2D eigenvalue weighted by atomic mass is 16.2. The van der Waals surface area contributed by atoms with Gasteiger partial charge in [0.1, 0.15) is 11.7 Å². The second-order valence-corrected chi connectivity index (χ2v) is 16.0. The van der Waals surface area contributed by atoms with E-state index in [-0.39, 0.29) is 23.9 Å². The first-order valence-corrected chi connectivity index (χ1v) is 21.2. The Morgan fingerprint density at radius 2 is 1.04 bits per heavy atom. The van der Waals surface area contributed by atoms with Crippen molar-refractivity contribution >= 4 is 64.3 Å². The first kappa shape index (κ1) is 45.6. The number of allylic oxidation sites excluding steroid dienone is 6. The molecule has 4 aliphatic rings. The molecule has 0 bridgehead atoms. The van der Waals surface area contributed by atoms with E-state index in [1.165, 1.54) is 12.2 Å². The summed E-state index contributed by atoms with van der Waals surface area (Å²) in [5, 5.41) is 44.8. The summed E-state index contributed by atoms with van der Waals surface area (Å²) in [6, 6.07) is 29.3. The van der Waals surface area contributed by atoms with E-state index in [1.807, 2.05) is 86.7 Å². The summed E-state index contributed by atoms with van der Waals surface area (Å²) in [7, 11) is 0. The van der Waals surface area contributed by atoms with E-state index in [2.05, 4.69) is 70.1 Å². The molecule has 4 atom stereocenters. The molecule has 2 amide bonds. The van der Waals surface area contributed by atoms with Crippen LogP contribution in [0.3, 0.4) is 0 Å². The number of anilines is 2. The molecule has 4 aromatic carbocycles. The first-order chi connectivity index (χ1) is 32.4. The summed E-state index contributed by atoms with van der Waals surface area (Å²) in [4.78, 5) is 30.5. The average molecular weight is 880 g/mol. The van der Waals surface area contributed by atoms with Gasteiger partial charge in [-0.1, -0.05) is 60.7 Å². The number of benzene rings is 4. The minimum atomic E-state index is -0.701. The molecule has 4 aromatic rings. The number of amidine groups is 2. The van der Waals surface area contributed by atoms with Crippen molar-refractivity contribution in [3.8, 4) is 24.3 Å². The molecule has 8 rings (SSSR count). The number of carbonyl (C=O) groups excluding carboxylic acids is 1. The minimum Gasteiger partial charge on any atom is -0.386 e. The molecular weight excluding hydrogens is 835 g/mol. The standard InChI is InChI=1S/C27H23N7O.C26H22N6/c1-16-13-19(5-4-12-28)14-17(2)23(16)21-6-3-7-22-24(21)32-27(34-25(22)33-26(30)35)31-20-10-8-18(15-29)9-11-20;1-16-13-19(5-4-12-27)14-17(2)23(16)21-6-3-7-22-24(21)31-26(32-25(22)29)30-20-10-8-18(15-28)9-11-20/h3-11,13-14,22,24H,1-2H3,(H4,30,31,32,33,34,35);3-11,13-14,22,24H,1-2H3,(H3,29,30,31,32)/b2*5-4+. The van der Waals surface area contributed by atoms with Crippen LogP contribution in [0.5, 0.6) is 0 Å². The first-order valence-electron chi connectivity index (χ1n) is 21.2. The van der Waals surface area contributed by atoms with E-state index in [0.29, 0.717) is 40.4 Å². The Balaban J connectivity index is 0.000000200. The molecule has 0 spiro atoms. The van der Waals surface area contributed by atoms with Gasteiger partial charge in [0.2, 0.25) is 11.9 Å². The van der Waals surface area contributed by atoms with Crippen LogP contribution in [-0.4, -0.2) is 41.7 Å². The number of guanidine groups is 2. The molecule has 0 fully saturated rings. The predicted molar refractivity (Wildman–Crippen MR) is 266 cm³/mol. The third-order valence-corrected chi connectivity index (χ3v) is 11.3. The van der Waals surface area contributed by atoms with Gasteiger partial charge in [-0.25, -0.2) is 14.8 Å². The van der Waals surface area contributed by atoms with E-state index in [1.54, 1.807) is 42.5 Å². The fraction of sp³-hybridized carbons (Fsp3) is 0.151. The minimum absolute atomic E-state index is 0.113. The highest BCUT2D eigenvalue weighted by Crippen LogP contribution is 2.38. The predicted octanol–water partition coefficient (Wildman–Crippen LogP) is 8.69. The molecule has 67 heavy (non-hydrogen) atoms. The number of aryl methyl sites for hydroxylation is 4. The number of nitrogens with two attached hydrogens (primary N) is 2. The zero-order valence-electron chi connectivity index (χ0n) is 37.2. The molecule has 2 heterocycles. The number of hydrogen-bond acceptors (Lipinski definition) is 12. The number of nitrogens with zero attached hydrogens (tertiary/aromatic N) is 8. The van der Waals surface area contributed by atoms with Crippen LogP contribution < -0.4 is 27.4 Å². The van der Waals surface area contributed by atoms with Crippen molar-refractivity contribution in [3.63, 3.8) is 0 Å². The van der Waals surface area contributed by atoms with Crippen molar-refractivity contribution in [3.05, 3.63) is 177 Å². The highest BCUT2D eigenvalue weighted by molar-refractivity contribution is 6.11. The van der Waals surface area contributed by atoms with E-state index in [0.717, 1.165) is 61.3 Å². The van der Waals surface area contributed by atoms with Gasteiger partial charge in [0.25, 0.3) is 0 Å². The maximum absolute atomic E-state index is 11.7. The third kappa shape index (κ3) is 10.5. The van der Waals surface area contributed by atoms with Crippen LogP contribution in [0.25, 0.3) is 23.3 Å². The lowest BCUT2D eigenvalue weighted by molar-refractivity contribution is 0.252. The molecule has 0 saturated heterocycles. The van der Waals surface area contributed by atoms with E-state index in [9.17, 15) is 4.79 Å². The second kappa shape index (κ2) is 20.4. The molecule has 14 heteroatoms. The van der Waals surface area contributed by atoms with Gasteiger partial charge in [-0.3, -0.25) is 5.32 Å². The summed E-state index contributed by atoms with van der Waals surface area (Å²) in [5.41, 5.74) is 24.9. The number of aliphatic imine (C=N–C) groups is 4. The lowest BCUT2D eigenvalue weighted by Gasteiger charge is -2.32. The van der Waals surface area contributed by atoms with Gasteiger partial charge >= 0.3 is 6.03 Å². The van der Waals surface area contributed by atoms with Crippen molar-refractivity contribution < 1.29 is 4.79 Å². The SMILES string of the molecule is Cc1cc(/C=C/C#N)cc(C)c1C1=CC=CC2C(N)=NC(Nc3ccc(C#N)cc3)=NC12.Cc1cc(/C=C/C#N)cc(C)c1C1=CC=CC2C(NC(N)=O)=NC(Nc3ccc(C#N)cc3)=NC12. The van der Waals surface area contributed by atoms with Crippen molar-refractivity contribution in [2.45, 2.75) is 39.8 Å². The quantitative estimate of drug-likeness (QED) is 0.117. The van der Waals surface area contributed by atoms with Crippen molar-refractivity contribution in [1.29, 1.82) is 21.0 Å². The molecule has 2 aliphatic carbocycles. The number of primary amides is 1. The largest absolute Gasteiger partial charge is 0.386 e. The second-order valence-electron chi connectivity index (χ2n) is 16.0. The third-order valence-electron chi connectivity index (χ3n) is 11.3. The van der Waals surface area contributed by atoms with Crippen LogP contribution in [0, 0.1) is 84.9 Å². The maximum atomic E-state index is 11.7. The van der Waals surface area contributed by atoms with Crippen LogP contribution in [0.2, 0.25) is 0 Å². The Morgan fingerprint density at radius 1 is 0.627 bits per heavy atom. The van der Waals surface area contributed by atoms with E-state index >= 15 is 0 Å². The molecule has 4 unspecified atom stereocenters. The Labute approximate surface area is 389 Å². The zero-order chi connectivity index (χ0) is 47.6. The highest BCUT2D eigenvalue weighted by Gasteiger charge is 2.36. The van der Waals surface area contributed by atoms with Gasteiger partial charge < -0.3 is 22.1 Å². The molecule has 14 nitrogen and oxygen atoms in total. The maximum Gasteiger partial charge on any atom is 0.317 e. The number of nitrogens with one attached hydrogen (secondary N) is 3.